The fraction of sp³-hybridized carbons (Fsp3) is 0.190. The van der Waals surface area contributed by atoms with Gasteiger partial charge < -0.3 is 9.52 Å². The van der Waals surface area contributed by atoms with Gasteiger partial charge in [0.1, 0.15) is 11.3 Å². The molecule has 238 valence electrons. The third-order valence-electron chi connectivity index (χ3n) is 8.63. The van der Waals surface area contributed by atoms with E-state index in [1.165, 1.54) is 11.1 Å². The van der Waals surface area contributed by atoms with Crippen LogP contribution in [0.25, 0.3) is 66.8 Å². The first kappa shape index (κ1) is 32.4. The van der Waals surface area contributed by atoms with Gasteiger partial charge in [-0.3, -0.25) is 4.98 Å². The molecule has 0 aliphatic carbocycles. The summed E-state index contributed by atoms with van der Waals surface area (Å²) in [6.07, 6.45) is 1.93. The van der Waals surface area contributed by atoms with Crippen molar-refractivity contribution in [2.24, 2.45) is 0 Å². The number of nitrogens with zero attached hydrogens (tertiary/aromatic N) is 2. The van der Waals surface area contributed by atoms with E-state index in [0.29, 0.717) is 17.0 Å². The van der Waals surface area contributed by atoms with Gasteiger partial charge in [0.2, 0.25) is 5.89 Å². The summed E-state index contributed by atoms with van der Waals surface area (Å²) >= 11 is 0. The Labute approximate surface area is 290 Å². The molecule has 4 nitrogen and oxygen atoms in total. The quantitative estimate of drug-likeness (QED) is 0.180. The largest absolute Gasteiger partial charge is 0.507 e. The molecule has 7 aromatic rings. The van der Waals surface area contributed by atoms with Gasteiger partial charge in [0, 0.05) is 32.8 Å². The van der Waals surface area contributed by atoms with Gasteiger partial charge in [-0.1, -0.05) is 113 Å². The molecule has 0 amide bonds. The average Bonchev–Trinajstić information content (AvgIpc) is 3.48. The summed E-state index contributed by atoms with van der Waals surface area (Å²) in [6, 6.07) is 38.6. The Hall–Kier alpha value is -4.53. The minimum absolute atomic E-state index is 0. The van der Waals surface area contributed by atoms with Crippen molar-refractivity contribution in [2.45, 2.75) is 52.4 Å². The molecular weight excluding hydrogens is 760 g/mol. The molecule has 0 unspecified atom stereocenters. The molecule has 5 aromatic carbocycles. The van der Waals surface area contributed by atoms with Crippen LogP contribution in [-0.4, -0.2) is 15.1 Å². The number of benzene rings is 5. The molecule has 0 saturated carbocycles. The maximum Gasteiger partial charge on any atom is 0.230 e. The minimum atomic E-state index is -0.131. The van der Waals surface area contributed by atoms with E-state index >= 15 is 0 Å². The van der Waals surface area contributed by atoms with Gasteiger partial charge in [0.05, 0.1) is 11.1 Å². The standard InChI is InChI=1S/C42H37N2O2.Pt/c1-41(2,3)30-22-28(31-16-12-18-37-39(31)44-40(46-37)32-15-10-11-17-36(32)45)21-29(23-30)33-24-27(26-13-8-7-9-14-26)25-34-35(42(4,5)6)19-20-43-38(33)34;/h7-20,22-25,45H,1-6H3;/q-1;. The first-order valence-corrected chi connectivity index (χ1v) is 15.7. The minimum Gasteiger partial charge on any atom is -0.507 e. The van der Waals surface area contributed by atoms with E-state index in [4.69, 9.17) is 14.4 Å². The summed E-state index contributed by atoms with van der Waals surface area (Å²) in [6.45, 7) is 13.5. The molecule has 47 heavy (non-hydrogen) atoms. The van der Waals surface area contributed by atoms with Crippen LogP contribution in [0.1, 0.15) is 52.7 Å². The summed E-state index contributed by atoms with van der Waals surface area (Å²) < 4.78 is 6.18. The van der Waals surface area contributed by atoms with E-state index in [0.717, 1.165) is 49.8 Å². The number of oxazole rings is 1. The summed E-state index contributed by atoms with van der Waals surface area (Å²) in [4.78, 5) is 9.88. The Balaban J connectivity index is 0.00000386. The van der Waals surface area contributed by atoms with Gasteiger partial charge in [0.25, 0.3) is 0 Å². The Morgan fingerprint density at radius 2 is 1.32 bits per heavy atom. The number of phenols is 1. The third-order valence-corrected chi connectivity index (χ3v) is 8.63. The van der Waals surface area contributed by atoms with Crippen molar-refractivity contribution in [1.29, 1.82) is 0 Å². The molecule has 2 heterocycles. The molecule has 0 atom stereocenters. The summed E-state index contributed by atoms with van der Waals surface area (Å²) in [5.74, 6) is 0.514. The van der Waals surface area contributed by atoms with Crippen LogP contribution in [0.2, 0.25) is 0 Å². The van der Waals surface area contributed by atoms with Crippen LogP contribution >= 0.6 is 0 Å². The molecule has 7 rings (SSSR count). The van der Waals surface area contributed by atoms with E-state index < -0.39 is 0 Å². The number of aromatic hydroxyl groups is 1. The van der Waals surface area contributed by atoms with Crippen LogP contribution in [0, 0.1) is 6.07 Å². The number of rotatable bonds is 4. The van der Waals surface area contributed by atoms with E-state index in [-0.39, 0.29) is 37.6 Å². The summed E-state index contributed by atoms with van der Waals surface area (Å²) in [5, 5.41) is 11.7. The number of hydrogen-bond donors (Lipinski definition) is 1. The average molecular weight is 797 g/mol. The van der Waals surface area contributed by atoms with Crippen LogP contribution in [0.3, 0.4) is 0 Å². The molecular formula is C42H37N2O2Pt-. The first-order chi connectivity index (χ1) is 22.0. The second-order valence-electron chi connectivity index (χ2n) is 14.0. The molecule has 5 heteroatoms. The number of hydrogen-bond acceptors (Lipinski definition) is 4. The second-order valence-corrected chi connectivity index (χ2v) is 14.0. The molecule has 0 radical (unpaired) electrons. The van der Waals surface area contributed by atoms with Gasteiger partial charge in [-0.15, -0.1) is 34.9 Å². The third kappa shape index (κ3) is 6.15. The Kier molecular flexibility index (Phi) is 8.44. The fourth-order valence-corrected chi connectivity index (χ4v) is 6.14. The number of para-hydroxylation sites is 2. The molecule has 0 aliphatic heterocycles. The molecule has 0 fully saturated rings. The predicted molar refractivity (Wildman–Crippen MR) is 189 cm³/mol. The van der Waals surface area contributed by atoms with E-state index in [1.54, 1.807) is 12.1 Å². The monoisotopic (exact) mass is 796 g/mol. The maximum absolute atomic E-state index is 10.5. The number of aromatic nitrogens is 2. The van der Waals surface area contributed by atoms with Crippen molar-refractivity contribution in [2.75, 3.05) is 0 Å². The smallest absolute Gasteiger partial charge is 0.230 e. The van der Waals surface area contributed by atoms with Crippen LogP contribution in [0.5, 0.6) is 5.75 Å². The van der Waals surface area contributed by atoms with Crippen molar-refractivity contribution < 1.29 is 30.6 Å². The van der Waals surface area contributed by atoms with Gasteiger partial charge in [0.15, 0.2) is 0 Å². The number of fused-ring (bicyclic) bond motifs is 2. The van der Waals surface area contributed by atoms with Gasteiger partial charge >= 0.3 is 0 Å². The van der Waals surface area contributed by atoms with E-state index in [1.807, 2.05) is 30.5 Å². The molecule has 2 aromatic heterocycles. The van der Waals surface area contributed by atoms with Crippen LogP contribution in [-0.2, 0) is 31.9 Å². The van der Waals surface area contributed by atoms with Crippen molar-refractivity contribution >= 4 is 22.0 Å². The fourth-order valence-electron chi connectivity index (χ4n) is 6.14. The Morgan fingerprint density at radius 1 is 0.638 bits per heavy atom. The normalized spacial score (nSPS) is 12.0. The van der Waals surface area contributed by atoms with E-state index in [2.05, 4.69) is 114 Å². The predicted octanol–water partition coefficient (Wildman–Crippen LogP) is 11.1. The summed E-state index contributed by atoms with van der Waals surface area (Å²) in [5.41, 5.74) is 11.3. The first-order valence-electron chi connectivity index (χ1n) is 15.7. The molecule has 0 bridgehead atoms. The zero-order valence-electron chi connectivity index (χ0n) is 27.5. The van der Waals surface area contributed by atoms with Crippen molar-refractivity contribution in [3.05, 3.63) is 127 Å². The van der Waals surface area contributed by atoms with Crippen LogP contribution < -0.4 is 0 Å². The maximum atomic E-state index is 10.5. The molecule has 0 spiro atoms. The van der Waals surface area contributed by atoms with Crippen LogP contribution in [0.15, 0.2) is 114 Å². The molecule has 1 N–H and O–H groups in total. The molecule has 0 aliphatic rings. The van der Waals surface area contributed by atoms with E-state index in [9.17, 15) is 5.11 Å². The summed E-state index contributed by atoms with van der Waals surface area (Å²) in [7, 11) is 0. The van der Waals surface area contributed by atoms with Crippen molar-refractivity contribution in [1.82, 2.24) is 9.97 Å². The molecule has 0 saturated heterocycles. The Bertz CT molecular complexity index is 2240. The van der Waals surface area contributed by atoms with Gasteiger partial charge in [-0.2, -0.15) is 0 Å². The van der Waals surface area contributed by atoms with Crippen molar-refractivity contribution in [3.8, 4) is 50.6 Å². The number of phenolic OH excluding ortho intramolecular Hbond substituents is 1. The zero-order valence-corrected chi connectivity index (χ0v) is 29.7. The van der Waals surface area contributed by atoms with Crippen molar-refractivity contribution in [3.63, 3.8) is 0 Å². The topological polar surface area (TPSA) is 59.2 Å². The second kappa shape index (κ2) is 12.2. The zero-order chi connectivity index (χ0) is 32.2. The SMILES string of the molecule is CC(C)(C)c1cc(-c2cccc3oc(-c4ccccc4O)nc23)[c-]c(-c2cc(-c3ccccc3)cc3c(C(C)(C)C)ccnc23)c1.[Pt]. The van der Waals surface area contributed by atoms with Gasteiger partial charge in [-0.05, 0) is 63.2 Å². The van der Waals surface area contributed by atoms with Crippen LogP contribution in [0.4, 0.5) is 0 Å². The van der Waals surface area contributed by atoms with Gasteiger partial charge in [-0.25, -0.2) is 4.98 Å². The Morgan fingerprint density at radius 3 is 2.02 bits per heavy atom. The number of pyridine rings is 1.